The van der Waals surface area contributed by atoms with Crippen molar-refractivity contribution in [3.8, 4) is 0 Å². The van der Waals surface area contributed by atoms with Crippen molar-refractivity contribution in [2.24, 2.45) is 0 Å². The van der Waals surface area contributed by atoms with Crippen molar-refractivity contribution in [3.63, 3.8) is 0 Å². The standard InChI is InChI=1S/C37H36O3P2/c1-3-31(28-18-10-5-11-19-28)41(26(2)27-16-8-4-9-17-27)34-35(37(39)40-36(34)38)42-32(29-20-12-6-13-21-29)24-25-33(42)30-22-14-7-15-23-30/h4-23,26,31-33H,3,24-25H2,1-2H3/t26?,31-,32-,33?,41?,42?/m0/s1. The van der Waals surface area contributed by atoms with Crippen molar-refractivity contribution in [3.05, 3.63) is 154 Å². The summed E-state index contributed by atoms with van der Waals surface area (Å²) in [6.45, 7) is 4.44. The smallest absolute Gasteiger partial charge is 0.347 e. The van der Waals surface area contributed by atoms with E-state index in [1.54, 1.807) is 0 Å². The molecule has 2 aliphatic rings. The molecule has 2 aliphatic heterocycles. The number of cyclic esters (lactones) is 2. The van der Waals surface area contributed by atoms with Gasteiger partial charge in [-0.1, -0.05) is 151 Å². The molecule has 0 amide bonds. The van der Waals surface area contributed by atoms with Gasteiger partial charge in [-0.05, 0) is 41.5 Å². The average molecular weight is 591 g/mol. The molecule has 1 fully saturated rings. The Hall–Kier alpha value is -3.38. The van der Waals surface area contributed by atoms with Crippen LogP contribution in [0.5, 0.6) is 0 Å². The number of carbonyl (C=O) groups is 2. The largest absolute Gasteiger partial charge is 0.386 e. The summed E-state index contributed by atoms with van der Waals surface area (Å²) in [7, 11) is -2.19. The first-order chi connectivity index (χ1) is 20.6. The van der Waals surface area contributed by atoms with E-state index < -0.39 is 27.8 Å². The first-order valence-corrected chi connectivity index (χ1v) is 17.8. The third-order valence-corrected chi connectivity index (χ3v) is 15.6. The summed E-state index contributed by atoms with van der Waals surface area (Å²) >= 11 is 0. The summed E-state index contributed by atoms with van der Waals surface area (Å²) in [5, 5.41) is 1.37. The van der Waals surface area contributed by atoms with E-state index in [1.165, 1.54) is 22.3 Å². The van der Waals surface area contributed by atoms with E-state index in [-0.39, 0.29) is 22.6 Å². The fraction of sp³-hybridized carbons (Fsp3) is 0.243. The third kappa shape index (κ3) is 5.54. The molecular formula is C37H36O3P2. The molecule has 6 atom stereocenters. The second kappa shape index (κ2) is 12.9. The first-order valence-electron chi connectivity index (χ1n) is 14.9. The Morgan fingerprint density at radius 1 is 0.690 bits per heavy atom. The quantitative estimate of drug-likeness (QED) is 0.111. The van der Waals surface area contributed by atoms with E-state index in [9.17, 15) is 9.59 Å². The van der Waals surface area contributed by atoms with Gasteiger partial charge in [0.15, 0.2) is 0 Å². The van der Waals surface area contributed by atoms with Crippen LogP contribution in [-0.4, -0.2) is 11.9 Å². The Morgan fingerprint density at radius 3 is 1.62 bits per heavy atom. The summed E-state index contributed by atoms with van der Waals surface area (Å²) < 4.78 is 5.65. The Balaban J connectivity index is 1.58. The SMILES string of the molecule is CC[C@@H](c1ccccc1)P(C1=C(P2C(c3ccccc3)CC[C@H]2c2ccccc2)C(=O)OC1=O)C(C)c1ccccc1. The molecular weight excluding hydrogens is 554 g/mol. The summed E-state index contributed by atoms with van der Waals surface area (Å²) in [5.74, 6) is -0.841. The fourth-order valence-electron chi connectivity index (χ4n) is 6.74. The Bertz CT molecular complexity index is 1510. The van der Waals surface area contributed by atoms with Crippen molar-refractivity contribution in [2.45, 2.75) is 55.7 Å². The number of esters is 2. The monoisotopic (exact) mass is 590 g/mol. The summed E-state index contributed by atoms with van der Waals surface area (Å²) in [6, 6.07) is 42.1. The molecule has 3 nitrogen and oxygen atoms in total. The van der Waals surface area contributed by atoms with Gasteiger partial charge in [-0.25, -0.2) is 9.59 Å². The minimum atomic E-state index is -1.14. The van der Waals surface area contributed by atoms with Gasteiger partial charge in [0, 0.05) is 22.6 Å². The van der Waals surface area contributed by atoms with Crippen LogP contribution in [0.25, 0.3) is 0 Å². The van der Waals surface area contributed by atoms with Gasteiger partial charge < -0.3 is 4.74 Å². The molecule has 212 valence electrons. The molecule has 1 saturated heterocycles. The minimum absolute atomic E-state index is 0.0674. The second-order valence-corrected chi connectivity index (χ2v) is 16.2. The zero-order chi connectivity index (χ0) is 29.1. The van der Waals surface area contributed by atoms with Gasteiger partial charge in [0.05, 0.1) is 10.6 Å². The number of carbonyl (C=O) groups excluding carboxylic acids is 2. The van der Waals surface area contributed by atoms with Gasteiger partial charge in [0.25, 0.3) is 0 Å². The molecule has 2 heterocycles. The maximum Gasteiger partial charge on any atom is 0.347 e. The van der Waals surface area contributed by atoms with Crippen molar-refractivity contribution in [1.29, 1.82) is 0 Å². The van der Waals surface area contributed by atoms with E-state index in [0.29, 0.717) is 10.6 Å². The van der Waals surface area contributed by atoms with Crippen LogP contribution in [-0.2, 0) is 14.3 Å². The van der Waals surface area contributed by atoms with Crippen LogP contribution in [0.2, 0.25) is 0 Å². The predicted octanol–water partition coefficient (Wildman–Crippen LogP) is 10.4. The second-order valence-electron chi connectivity index (χ2n) is 11.0. The molecule has 5 heteroatoms. The highest BCUT2D eigenvalue weighted by atomic mass is 31.1. The van der Waals surface area contributed by atoms with Crippen LogP contribution in [0, 0.1) is 0 Å². The zero-order valence-corrected chi connectivity index (χ0v) is 25.9. The highest BCUT2D eigenvalue weighted by Gasteiger charge is 2.51. The topological polar surface area (TPSA) is 43.4 Å². The summed E-state index contributed by atoms with van der Waals surface area (Å²) in [6.07, 6.45) is 2.83. The molecule has 6 rings (SSSR count). The number of hydrogen-bond acceptors (Lipinski definition) is 3. The van der Waals surface area contributed by atoms with Gasteiger partial charge in [-0.2, -0.15) is 0 Å². The molecule has 0 bridgehead atoms. The Kier molecular flexibility index (Phi) is 8.80. The van der Waals surface area contributed by atoms with Crippen LogP contribution < -0.4 is 0 Å². The lowest BCUT2D eigenvalue weighted by Crippen LogP contribution is -2.09. The van der Waals surface area contributed by atoms with E-state index in [1.807, 2.05) is 24.3 Å². The van der Waals surface area contributed by atoms with E-state index in [0.717, 1.165) is 19.3 Å². The van der Waals surface area contributed by atoms with Crippen molar-refractivity contribution >= 4 is 27.8 Å². The van der Waals surface area contributed by atoms with Gasteiger partial charge in [0.2, 0.25) is 0 Å². The van der Waals surface area contributed by atoms with Crippen LogP contribution in [0.4, 0.5) is 0 Å². The van der Waals surface area contributed by atoms with Gasteiger partial charge in [-0.3, -0.25) is 0 Å². The first kappa shape index (κ1) is 28.7. The Labute approximate surface area is 251 Å². The molecule has 4 aromatic rings. The van der Waals surface area contributed by atoms with Crippen LogP contribution in [0.15, 0.2) is 132 Å². The predicted molar refractivity (Wildman–Crippen MR) is 174 cm³/mol. The zero-order valence-electron chi connectivity index (χ0n) is 24.1. The van der Waals surface area contributed by atoms with Gasteiger partial charge in [-0.15, -0.1) is 0 Å². The van der Waals surface area contributed by atoms with E-state index in [2.05, 4.69) is 111 Å². The van der Waals surface area contributed by atoms with Crippen molar-refractivity contribution in [1.82, 2.24) is 0 Å². The maximum absolute atomic E-state index is 14.0. The highest BCUT2D eigenvalue weighted by molar-refractivity contribution is 7.69. The molecule has 4 unspecified atom stereocenters. The fourth-order valence-corrected chi connectivity index (χ4v) is 14.1. The molecule has 0 N–H and O–H groups in total. The summed E-state index contributed by atoms with van der Waals surface area (Å²) in [5.41, 5.74) is 5.46. The van der Waals surface area contributed by atoms with E-state index >= 15 is 0 Å². The van der Waals surface area contributed by atoms with Crippen molar-refractivity contribution in [2.75, 3.05) is 0 Å². The maximum atomic E-state index is 14.0. The molecule has 42 heavy (non-hydrogen) atoms. The molecule has 0 radical (unpaired) electrons. The third-order valence-electron chi connectivity index (χ3n) is 8.67. The van der Waals surface area contributed by atoms with Gasteiger partial charge in [0.1, 0.15) is 0 Å². The van der Waals surface area contributed by atoms with Crippen LogP contribution in [0.3, 0.4) is 0 Å². The lowest BCUT2D eigenvalue weighted by atomic mass is 10.0. The molecule has 0 aliphatic carbocycles. The normalized spacial score (nSPS) is 22.6. The number of rotatable bonds is 9. The lowest BCUT2D eigenvalue weighted by molar-refractivity contribution is -0.150. The van der Waals surface area contributed by atoms with Crippen molar-refractivity contribution < 1.29 is 14.3 Å². The summed E-state index contributed by atoms with van der Waals surface area (Å²) in [4.78, 5) is 28.0. The highest BCUT2D eigenvalue weighted by Crippen LogP contribution is 2.79. The van der Waals surface area contributed by atoms with Crippen LogP contribution in [0.1, 0.15) is 78.0 Å². The Morgan fingerprint density at radius 2 is 1.14 bits per heavy atom. The molecule has 0 saturated carbocycles. The average Bonchev–Trinajstić information content (AvgIpc) is 3.60. The van der Waals surface area contributed by atoms with Gasteiger partial charge >= 0.3 is 11.9 Å². The number of benzene rings is 4. The molecule has 4 aromatic carbocycles. The number of hydrogen-bond donors (Lipinski definition) is 0. The molecule has 0 aromatic heterocycles. The minimum Gasteiger partial charge on any atom is -0.386 e. The van der Waals surface area contributed by atoms with E-state index in [4.69, 9.17) is 4.74 Å². The molecule has 0 spiro atoms. The number of ether oxygens (including phenoxy) is 1. The lowest BCUT2D eigenvalue weighted by Gasteiger charge is -2.35. The van der Waals surface area contributed by atoms with Crippen LogP contribution >= 0.6 is 15.8 Å².